The Balaban J connectivity index is 1.18. The zero-order valence-corrected chi connectivity index (χ0v) is 34.7. The van der Waals surface area contributed by atoms with Crippen LogP contribution in [0.25, 0.3) is 151 Å². The largest absolute Gasteiger partial charge is 0.451 e. The molecular formula is C55H34O3Si. The lowest BCUT2D eigenvalue weighted by Gasteiger charge is -2.42. The average Bonchev–Trinajstić information content (AvgIpc) is 4.02. The van der Waals surface area contributed by atoms with Gasteiger partial charge in [0.05, 0.1) is 5.56 Å². The van der Waals surface area contributed by atoms with Gasteiger partial charge < -0.3 is 9.16 Å². The number of rotatable bonds is 4. The second-order valence-electron chi connectivity index (χ2n) is 20.4. The Morgan fingerprint density at radius 3 is 1.12 bits per heavy atom. The molecule has 0 aliphatic heterocycles. The third-order valence-corrected chi connectivity index (χ3v) is 21.5. The van der Waals surface area contributed by atoms with Crippen molar-refractivity contribution in [1.82, 2.24) is 0 Å². The molecule has 0 N–H and O–H groups in total. The minimum absolute atomic E-state index is 0.0659. The molecule has 0 spiro atoms. The van der Waals surface area contributed by atoms with Crippen molar-refractivity contribution in [2.24, 2.45) is 0 Å². The zero-order chi connectivity index (χ0) is 39.0. The van der Waals surface area contributed by atoms with Gasteiger partial charge in [-0.15, -0.1) is 0 Å². The molecule has 4 heteroatoms. The van der Waals surface area contributed by atoms with E-state index < -0.39 is 20.5 Å². The van der Waals surface area contributed by atoms with Crippen molar-refractivity contribution in [3.05, 3.63) is 94.5 Å². The highest BCUT2D eigenvalue weighted by Gasteiger charge is 2.49. The number of esters is 1. The molecule has 1 aliphatic rings. The Hall–Kier alpha value is -6.07. The SMILES string of the molecule is Cc1cccc(C)c1C(=O)OC1c2c3ccc4c5ccc6c7ccc8c9ccc%10c(c%11c2c2c3c4c3c5c6c4c7c8c5c9c%10c%11c6c2c3c4c56)C1O[Si](C)(C)C(C)(C)C. The van der Waals surface area contributed by atoms with Crippen LogP contribution >= 0.6 is 0 Å². The van der Waals surface area contributed by atoms with Crippen molar-refractivity contribution in [3.63, 3.8) is 0 Å². The van der Waals surface area contributed by atoms with Gasteiger partial charge in [0.15, 0.2) is 14.4 Å². The van der Waals surface area contributed by atoms with E-state index in [1.54, 1.807) is 0 Å². The van der Waals surface area contributed by atoms with Gasteiger partial charge in [-0.05, 0) is 194 Å². The van der Waals surface area contributed by atoms with E-state index in [2.05, 4.69) is 82.4 Å². The summed E-state index contributed by atoms with van der Waals surface area (Å²) in [6.45, 7) is 15.7. The Morgan fingerprint density at radius 1 is 0.441 bits per heavy atom. The molecule has 1 aliphatic carbocycles. The maximum absolute atomic E-state index is 15.0. The second kappa shape index (κ2) is 8.36. The fourth-order valence-electron chi connectivity index (χ4n) is 14.0. The van der Waals surface area contributed by atoms with Crippen LogP contribution in [0.5, 0.6) is 0 Å². The Kier molecular flexibility index (Phi) is 4.26. The number of hydrogen-bond donors (Lipinski definition) is 0. The molecule has 276 valence electrons. The molecule has 0 saturated carbocycles. The van der Waals surface area contributed by atoms with Crippen LogP contribution in [-0.2, 0) is 9.16 Å². The lowest BCUT2D eigenvalue weighted by Crippen LogP contribution is -2.43. The topological polar surface area (TPSA) is 35.5 Å². The molecule has 2 unspecified atom stereocenters. The van der Waals surface area contributed by atoms with E-state index in [9.17, 15) is 4.79 Å². The molecule has 0 saturated heterocycles. The maximum Gasteiger partial charge on any atom is 0.339 e. The molecule has 16 aromatic rings. The van der Waals surface area contributed by atoms with E-state index in [1.807, 2.05) is 32.0 Å². The van der Waals surface area contributed by atoms with Crippen LogP contribution in [0.3, 0.4) is 0 Å². The third kappa shape index (κ3) is 2.63. The molecule has 0 radical (unpaired) electrons. The summed E-state index contributed by atoms with van der Waals surface area (Å²) in [6, 6.07) is 25.4. The van der Waals surface area contributed by atoms with Gasteiger partial charge in [-0.3, -0.25) is 0 Å². The van der Waals surface area contributed by atoms with E-state index in [0.29, 0.717) is 5.56 Å². The van der Waals surface area contributed by atoms with E-state index >= 15 is 0 Å². The maximum atomic E-state index is 15.0. The molecule has 0 fully saturated rings. The summed E-state index contributed by atoms with van der Waals surface area (Å²) in [7, 11) is -2.47. The van der Waals surface area contributed by atoms with Crippen molar-refractivity contribution in [2.75, 3.05) is 0 Å². The van der Waals surface area contributed by atoms with Gasteiger partial charge >= 0.3 is 5.97 Å². The molecule has 16 aromatic carbocycles. The minimum Gasteiger partial charge on any atom is -0.451 e. The number of fused-ring (bicyclic) bond motifs is 5. The summed E-state index contributed by atoms with van der Waals surface area (Å²) >= 11 is 0. The normalized spacial score (nSPS) is 17.9. The fraction of sp³-hybridized carbons (Fsp3) is 0.182. The first-order chi connectivity index (χ1) is 28.5. The fourth-order valence-corrected chi connectivity index (χ4v) is 15.3. The summed E-state index contributed by atoms with van der Waals surface area (Å²) < 4.78 is 15.0. The molecule has 59 heavy (non-hydrogen) atoms. The molecule has 3 nitrogen and oxygen atoms in total. The first kappa shape index (κ1) is 30.0. The number of ether oxygens (including phenoxy) is 1. The second-order valence-corrected chi connectivity index (χ2v) is 25.1. The number of carbonyl (C=O) groups excluding carboxylic acids is 1. The number of benzene rings is 10. The van der Waals surface area contributed by atoms with Crippen LogP contribution in [0.2, 0.25) is 18.1 Å². The summed E-state index contributed by atoms with van der Waals surface area (Å²) in [5.41, 5.74) is 4.90. The quantitative estimate of drug-likeness (QED) is 0.102. The van der Waals surface area contributed by atoms with Crippen molar-refractivity contribution < 1.29 is 14.0 Å². The van der Waals surface area contributed by atoms with Gasteiger partial charge in [-0.1, -0.05) is 87.5 Å². The summed E-state index contributed by atoms with van der Waals surface area (Å²) in [5.74, 6) is -0.270. The standard InChI is InChI=1S/C55H34O3Si/c1-19-9-8-10-20(2)29(19)54(56)57-52-38-27-17-15-25-23-13-11-21-22-12-14-24-26-16-18-28-37-35(26)42-33(24)31(22)40-30(21)32(23)41-34(25)36(27)43-45(38)46(39(28)53(52)58-59(6,7)55(3,4)5)44(37)51-49(42)47(40)48(41)50(43)51/h8-18,52-53H,1-7H3. The van der Waals surface area contributed by atoms with Crippen LogP contribution in [0.4, 0.5) is 0 Å². The van der Waals surface area contributed by atoms with Crippen LogP contribution in [0, 0.1) is 13.8 Å². The Morgan fingerprint density at radius 2 is 0.746 bits per heavy atom. The van der Waals surface area contributed by atoms with Gasteiger partial charge in [0.1, 0.15) is 6.10 Å². The summed E-state index contributed by atoms with van der Waals surface area (Å²) in [5, 5.41) is 39.1. The van der Waals surface area contributed by atoms with Crippen LogP contribution in [0.1, 0.15) is 65.6 Å². The molecule has 0 aromatic heterocycles. The van der Waals surface area contributed by atoms with Crippen molar-refractivity contribution in [3.8, 4) is 0 Å². The lowest BCUT2D eigenvalue weighted by atomic mass is 9.85. The monoisotopic (exact) mass is 770 g/mol. The summed E-state index contributed by atoms with van der Waals surface area (Å²) in [6.07, 6.45) is -1.12. The predicted octanol–water partition coefficient (Wildman–Crippen LogP) is 15.7. The number of aryl methyl sites for hydroxylation is 2. The van der Waals surface area contributed by atoms with Gasteiger partial charge in [0, 0.05) is 11.1 Å². The highest BCUT2D eigenvalue weighted by molar-refractivity contribution is 6.74. The molecule has 0 heterocycles. The molecule has 17 rings (SSSR count). The van der Waals surface area contributed by atoms with Crippen molar-refractivity contribution in [2.45, 2.75) is 65.0 Å². The average molecular weight is 771 g/mol. The third-order valence-electron chi connectivity index (χ3n) is 17.1. The van der Waals surface area contributed by atoms with Crippen LogP contribution < -0.4 is 0 Å². The zero-order valence-electron chi connectivity index (χ0n) is 33.7. The molecule has 0 amide bonds. The van der Waals surface area contributed by atoms with E-state index in [-0.39, 0.29) is 11.0 Å². The van der Waals surface area contributed by atoms with Gasteiger partial charge in [0.25, 0.3) is 0 Å². The molecular weight excluding hydrogens is 737 g/mol. The van der Waals surface area contributed by atoms with Gasteiger partial charge in [0.2, 0.25) is 0 Å². The first-order valence-corrected chi connectivity index (χ1v) is 24.3. The van der Waals surface area contributed by atoms with Crippen LogP contribution in [0.15, 0.2) is 66.7 Å². The first-order valence-electron chi connectivity index (χ1n) is 21.4. The Labute approximate surface area is 337 Å². The number of carbonyl (C=O) groups is 1. The van der Waals surface area contributed by atoms with E-state index in [1.165, 1.54) is 156 Å². The van der Waals surface area contributed by atoms with E-state index in [4.69, 9.17) is 9.16 Å². The van der Waals surface area contributed by atoms with Crippen molar-refractivity contribution in [1.29, 1.82) is 0 Å². The minimum atomic E-state index is -2.47. The molecule has 2 atom stereocenters. The van der Waals surface area contributed by atoms with Gasteiger partial charge in [-0.25, -0.2) is 4.79 Å². The lowest BCUT2D eigenvalue weighted by molar-refractivity contribution is -0.0148. The van der Waals surface area contributed by atoms with Gasteiger partial charge in [-0.2, -0.15) is 0 Å². The van der Waals surface area contributed by atoms with Crippen molar-refractivity contribution >= 4 is 165 Å². The predicted molar refractivity (Wildman–Crippen MR) is 251 cm³/mol. The molecule has 0 bridgehead atoms. The number of hydrogen-bond acceptors (Lipinski definition) is 3. The van der Waals surface area contributed by atoms with E-state index in [0.717, 1.165) is 16.7 Å². The Bertz CT molecular complexity index is 4450. The smallest absolute Gasteiger partial charge is 0.339 e. The highest BCUT2D eigenvalue weighted by atomic mass is 28.4. The van der Waals surface area contributed by atoms with Crippen LogP contribution in [-0.4, -0.2) is 14.3 Å². The highest BCUT2D eigenvalue weighted by Crippen LogP contribution is 2.70. The summed E-state index contributed by atoms with van der Waals surface area (Å²) in [4.78, 5) is 15.0.